The van der Waals surface area contributed by atoms with Crippen molar-refractivity contribution in [1.82, 2.24) is 19.9 Å². The van der Waals surface area contributed by atoms with Gasteiger partial charge in [-0.3, -0.25) is 4.98 Å². The van der Waals surface area contributed by atoms with Gasteiger partial charge in [0.1, 0.15) is 12.4 Å². The van der Waals surface area contributed by atoms with E-state index in [1.165, 1.54) is 11.1 Å². The molecule has 0 spiro atoms. The van der Waals surface area contributed by atoms with E-state index in [4.69, 9.17) is 4.74 Å². The second kappa shape index (κ2) is 9.17. The van der Waals surface area contributed by atoms with Crippen LogP contribution in [0.1, 0.15) is 29.7 Å². The summed E-state index contributed by atoms with van der Waals surface area (Å²) in [7, 11) is 0. The maximum Gasteiger partial charge on any atom is 0.119 e. The molecule has 5 heteroatoms. The number of aromatic nitrogens is 3. The summed E-state index contributed by atoms with van der Waals surface area (Å²) in [6, 6.07) is 21.0. The molecule has 0 amide bonds. The summed E-state index contributed by atoms with van der Waals surface area (Å²) >= 11 is 0. The fourth-order valence-corrected chi connectivity index (χ4v) is 3.08. The highest BCUT2D eigenvalue weighted by atomic mass is 16.5. The Morgan fingerprint density at radius 1 is 0.862 bits per heavy atom. The maximum absolute atomic E-state index is 5.83. The van der Waals surface area contributed by atoms with Crippen LogP contribution in [0.4, 0.5) is 0 Å². The zero-order chi connectivity index (χ0) is 19.9. The fourth-order valence-electron chi connectivity index (χ4n) is 3.08. The lowest BCUT2D eigenvalue weighted by Gasteiger charge is -2.15. The van der Waals surface area contributed by atoms with Gasteiger partial charge in [0.05, 0.1) is 6.33 Å². The first kappa shape index (κ1) is 18.9. The van der Waals surface area contributed by atoms with Crippen LogP contribution in [-0.4, -0.2) is 14.5 Å². The van der Waals surface area contributed by atoms with Crippen molar-refractivity contribution >= 4 is 0 Å². The van der Waals surface area contributed by atoms with Crippen molar-refractivity contribution in [3.63, 3.8) is 0 Å². The minimum Gasteiger partial charge on any atom is -0.489 e. The number of rotatable bonds is 8. The molecule has 4 rings (SSSR count). The summed E-state index contributed by atoms with van der Waals surface area (Å²) in [4.78, 5) is 8.11. The lowest BCUT2D eigenvalue weighted by atomic mass is 10.1. The van der Waals surface area contributed by atoms with Crippen molar-refractivity contribution in [1.29, 1.82) is 0 Å². The lowest BCUT2D eigenvalue weighted by Crippen LogP contribution is -2.18. The molecule has 0 saturated heterocycles. The Morgan fingerprint density at radius 2 is 1.62 bits per heavy atom. The van der Waals surface area contributed by atoms with Gasteiger partial charge in [0.2, 0.25) is 0 Å². The summed E-state index contributed by atoms with van der Waals surface area (Å²) in [6.07, 6.45) is 9.09. The number of hydrogen-bond acceptors (Lipinski definition) is 4. The Morgan fingerprint density at radius 3 is 2.31 bits per heavy atom. The quantitative estimate of drug-likeness (QED) is 0.479. The van der Waals surface area contributed by atoms with E-state index < -0.39 is 0 Å². The lowest BCUT2D eigenvalue weighted by molar-refractivity contribution is 0.306. The van der Waals surface area contributed by atoms with E-state index in [1.54, 1.807) is 24.9 Å². The average Bonchev–Trinajstić information content (AvgIpc) is 3.33. The van der Waals surface area contributed by atoms with Gasteiger partial charge in [-0.15, -0.1) is 0 Å². The van der Waals surface area contributed by atoms with Gasteiger partial charge >= 0.3 is 0 Å². The first-order valence-corrected chi connectivity index (χ1v) is 9.70. The highest BCUT2D eigenvalue weighted by Gasteiger charge is 2.06. The molecule has 2 aromatic carbocycles. The molecule has 0 fully saturated rings. The molecular formula is C24H24N4O. The molecule has 0 bridgehead atoms. The molecule has 2 heterocycles. The molecule has 29 heavy (non-hydrogen) atoms. The van der Waals surface area contributed by atoms with Crippen molar-refractivity contribution in [2.24, 2.45) is 0 Å². The second-order valence-corrected chi connectivity index (χ2v) is 6.95. The number of pyridine rings is 1. The minimum atomic E-state index is 0.259. The monoisotopic (exact) mass is 384 g/mol. The normalized spacial score (nSPS) is 11.9. The molecule has 0 aliphatic carbocycles. The molecule has 4 aromatic rings. The van der Waals surface area contributed by atoms with Crippen molar-refractivity contribution in [2.45, 2.75) is 26.1 Å². The van der Waals surface area contributed by atoms with Gasteiger partial charge in [-0.25, -0.2) is 4.98 Å². The third-order valence-corrected chi connectivity index (χ3v) is 4.89. The number of hydrogen-bond donors (Lipinski definition) is 1. The van der Waals surface area contributed by atoms with E-state index in [9.17, 15) is 0 Å². The van der Waals surface area contributed by atoms with Crippen molar-refractivity contribution < 1.29 is 4.74 Å². The fraction of sp³-hybridized carbons (Fsp3) is 0.167. The third kappa shape index (κ3) is 5.09. The van der Waals surface area contributed by atoms with Crippen molar-refractivity contribution in [3.05, 3.63) is 108 Å². The van der Waals surface area contributed by atoms with Gasteiger partial charge in [-0.05, 0) is 60.0 Å². The van der Waals surface area contributed by atoms with Gasteiger partial charge in [-0.1, -0.05) is 24.3 Å². The summed E-state index contributed by atoms with van der Waals surface area (Å²) in [5.74, 6) is 0.869. The van der Waals surface area contributed by atoms with Gasteiger partial charge in [-0.2, -0.15) is 0 Å². The molecule has 0 radical (unpaired) electrons. The molecule has 5 nitrogen and oxygen atoms in total. The largest absolute Gasteiger partial charge is 0.489 e. The third-order valence-electron chi connectivity index (χ3n) is 4.89. The predicted molar refractivity (Wildman–Crippen MR) is 114 cm³/mol. The van der Waals surface area contributed by atoms with Gasteiger partial charge in [0.15, 0.2) is 0 Å². The van der Waals surface area contributed by atoms with E-state index in [1.807, 2.05) is 35.0 Å². The van der Waals surface area contributed by atoms with Crippen LogP contribution in [-0.2, 0) is 13.2 Å². The number of nitrogens with zero attached hydrogens (tertiary/aromatic N) is 3. The van der Waals surface area contributed by atoms with Crippen LogP contribution in [0.5, 0.6) is 5.75 Å². The summed E-state index contributed by atoms with van der Waals surface area (Å²) < 4.78 is 7.83. The molecule has 1 atom stereocenters. The topological polar surface area (TPSA) is 52.0 Å². The van der Waals surface area contributed by atoms with Crippen LogP contribution in [0.3, 0.4) is 0 Å². The van der Waals surface area contributed by atoms with Gasteiger partial charge < -0.3 is 14.6 Å². The number of nitrogens with one attached hydrogen (secondary N) is 1. The Hall–Kier alpha value is -3.44. The van der Waals surface area contributed by atoms with Crippen molar-refractivity contribution in [2.75, 3.05) is 0 Å². The van der Waals surface area contributed by atoms with E-state index >= 15 is 0 Å². The molecule has 146 valence electrons. The summed E-state index contributed by atoms with van der Waals surface area (Å²) in [5.41, 5.74) is 4.70. The SMILES string of the molecule is CC(NCc1ccc(OCc2ccncc2)cc1)c1ccc(-n2ccnc2)cc1. The molecule has 1 N–H and O–H groups in total. The molecule has 0 saturated carbocycles. The van der Waals surface area contributed by atoms with E-state index in [-0.39, 0.29) is 6.04 Å². The summed E-state index contributed by atoms with van der Waals surface area (Å²) in [6.45, 7) is 3.53. The first-order valence-electron chi connectivity index (χ1n) is 9.70. The van der Waals surface area contributed by atoms with Gasteiger partial charge in [0.25, 0.3) is 0 Å². The Bertz CT molecular complexity index is 997. The zero-order valence-electron chi connectivity index (χ0n) is 16.4. The Kier molecular flexibility index (Phi) is 5.98. The molecule has 0 aliphatic heterocycles. The Labute approximate surface area is 171 Å². The van der Waals surface area contributed by atoms with Crippen LogP contribution >= 0.6 is 0 Å². The van der Waals surface area contributed by atoms with Crippen LogP contribution in [0.2, 0.25) is 0 Å². The molecule has 1 unspecified atom stereocenters. The molecular weight excluding hydrogens is 360 g/mol. The van der Waals surface area contributed by atoms with E-state index in [0.717, 1.165) is 23.5 Å². The predicted octanol–water partition coefficient (Wildman–Crippen LogP) is 4.70. The number of ether oxygens (including phenoxy) is 1. The Balaban J connectivity index is 1.28. The van der Waals surface area contributed by atoms with E-state index in [0.29, 0.717) is 6.61 Å². The number of benzene rings is 2. The van der Waals surface area contributed by atoms with Crippen LogP contribution in [0.25, 0.3) is 5.69 Å². The summed E-state index contributed by atoms with van der Waals surface area (Å²) in [5, 5.41) is 3.58. The highest BCUT2D eigenvalue weighted by molar-refractivity contribution is 5.35. The molecule has 2 aromatic heterocycles. The smallest absolute Gasteiger partial charge is 0.119 e. The zero-order valence-corrected chi connectivity index (χ0v) is 16.4. The average molecular weight is 384 g/mol. The second-order valence-electron chi connectivity index (χ2n) is 6.95. The van der Waals surface area contributed by atoms with Crippen LogP contribution in [0, 0.1) is 0 Å². The molecule has 0 aliphatic rings. The van der Waals surface area contributed by atoms with Gasteiger partial charge in [0, 0.05) is 43.1 Å². The van der Waals surface area contributed by atoms with Crippen LogP contribution < -0.4 is 10.1 Å². The standard InChI is InChI=1S/C24H24N4O/c1-19(22-4-6-23(7-5-22)28-15-14-26-18-28)27-16-20-2-8-24(9-3-20)29-17-21-10-12-25-13-11-21/h2-15,18-19,27H,16-17H2,1H3. The van der Waals surface area contributed by atoms with Crippen molar-refractivity contribution in [3.8, 4) is 11.4 Å². The maximum atomic E-state index is 5.83. The van der Waals surface area contributed by atoms with Crippen LogP contribution in [0.15, 0.2) is 91.8 Å². The van der Waals surface area contributed by atoms with E-state index in [2.05, 4.69) is 58.6 Å². The first-order chi connectivity index (χ1) is 14.3. The highest BCUT2D eigenvalue weighted by Crippen LogP contribution is 2.18. The minimum absolute atomic E-state index is 0.259. The number of imidazole rings is 1.